The van der Waals surface area contributed by atoms with Crippen molar-refractivity contribution in [3.8, 4) is 0 Å². The molecule has 0 unspecified atom stereocenters. The van der Waals surface area contributed by atoms with Crippen LogP contribution in [0, 0.1) is 25.2 Å². The molecule has 0 heteroatoms. The summed E-state index contributed by atoms with van der Waals surface area (Å²) in [6, 6.07) is 6.90. The average molecular weight is 230 g/mol. The van der Waals surface area contributed by atoms with Crippen LogP contribution in [0.4, 0.5) is 0 Å². The second-order valence-electron chi connectivity index (χ2n) is 6.30. The van der Waals surface area contributed by atoms with E-state index < -0.39 is 0 Å². The van der Waals surface area contributed by atoms with Crippen LogP contribution < -0.4 is 0 Å². The van der Waals surface area contributed by atoms with Gasteiger partial charge in [0, 0.05) is 0 Å². The summed E-state index contributed by atoms with van der Waals surface area (Å²) in [6.07, 6.45) is 6.93. The minimum atomic E-state index is 0.677. The van der Waals surface area contributed by atoms with E-state index in [0.717, 1.165) is 5.92 Å². The first kappa shape index (κ1) is 12.7. The summed E-state index contributed by atoms with van der Waals surface area (Å²) in [7, 11) is 0. The van der Waals surface area contributed by atoms with Crippen molar-refractivity contribution < 1.29 is 0 Å². The molecule has 0 atom stereocenters. The molecule has 0 aliphatic heterocycles. The van der Waals surface area contributed by atoms with Gasteiger partial charge in [-0.3, -0.25) is 0 Å². The van der Waals surface area contributed by atoms with Crippen molar-refractivity contribution >= 4 is 0 Å². The van der Waals surface area contributed by atoms with Gasteiger partial charge in [-0.05, 0) is 62.0 Å². The second-order valence-corrected chi connectivity index (χ2v) is 6.30. The Bertz CT molecular complexity index is 383. The maximum absolute atomic E-state index is 2.39. The molecule has 0 heterocycles. The van der Waals surface area contributed by atoms with Gasteiger partial charge in [0.15, 0.2) is 0 Å². The lowest BCUT2D eigenvalue weighted by atomic mass is 9.59. The molecule has 94 valence electrons. The lowest BCUT2D eigenvalue weighted by molar-refractivity contribution is 0.0516. The molecule has 17 heavy (non-hydrogen) atoms. The average Bonchev–Trinajstić information content (AvgIpc) is 2.24. The molecule has 0 aromatic heterocycles. The molecule has 1 aromatic rings. The van der Waals surface area contributed by atoms with Crippen molar-refractivity contribution in [1.82, 2.24) is 0 Å². The highest BCUT2D eigenvalue weighted by molar-refractivity contribution is 5.30. The summed E-state index contributed by atoms with van der Waals surface area (Å²) >= 11 is 0. The first-order valence-electron chi connectivity index (χ1n) is 7.11. The Balaban J connectivity index is 1.97. The maximum Gasteiger partial charge on any atom is -0.0271 e. The zero-order valence-electron chi connectivity index (χ0n) is 11.8. The Morgan fingerprint density at radius 3 is 2.47 bits per heavy atom. The van der Waals surface area contributed by atoms with E-state index in [9.17, 15) is 0 Å². The number of rotatable bonds is 4. The van der Waals surface area contributed by atoms with Gasteiger partial charge in [-0.25, -0.2) is 0 Å². The fraction of sp³-hybridized carbons (Fsp3) is 0.647. The van der Waals surface area contributed by atoms with Crippen LogP contribution in [0.5, 0.6) is 0 Å². The van der Waals surface area contributed by atoms with E-state index in [1.807, 2.05) is 0 Å². The zero-order chi connectivity index (χ0) is 12.5. The lowest BCUT2D eigenvalue weighted by Gasteiger charge is -2.46. The van der Waals surface area contributed by atoms with Crippen molar-refractivity contribution in [2.75, 3.05) is 0 Å². The van der Waals surface area contributed by atoms with Gasteiger partial charge < -0.3 is 0 Å². The molecule has 1 aromatic carbocycles. The van der Waals surface area contributed by atoms with Crippen LogP contribution in [0.15, 0.2) is 18.2 Å². The fourth-order valence-electron chi connectivity index (χ4n) is 3.61. The van der Waals surface area contributed by atoms with Crippen molar-refractivity contribution in [1.29, 1.82) is 0 Å². The summed E-state index contributed by atoms with van der Waals surface area (Å²) in [4.78, 5) is 0. The minimum absolute atomic E-state index is 0.677. The predicted molar refractivity (Wildman–Crippen MR) is 75.4 cm³/mol. The number of hydrogen-bond acceptors (Lipinski definition) is 0. The molecule has 0 nitrogen and oxygen atoms in total. The Morgan fingerprint density at radius 1 is 1.24 bits per heavy atom. The monoisotopic (exact) mass is 230 g/mol. The quantitative estimate of drug-likeness (QED) is 0.678. The van der Waals surface area contributed by atoms with Crippen LogP contribution in [-0.4, -0.2) is 0 Å². The van der Waals surface area contributed by atoms with E-state index >= 15 is 0 Å². The second kappa shape index (κ2) is 4.84. The maximum atomic E-state index is 2.39. The Kier molecular flexibility index (Phi) is 3.61. The first-order valence-corrected chi connectivity index (χ1v) is 7.11. The molecule has 0 amide bonds. The normalized spacial score (nSPS) is 27.9. The van der Waals surface area contributed by atoms with Crippen LogP contribution in [0.3, 0.4) is 0 Å². The molecule has 0 N–H and O–H groups in total. The molecule has 0 radical (unpaired) electrons. The Labute approximate surface area is 106 Å². The van der Waals surface area contributed by atoms with E-state index in [-0.39, 0.29) is 0 Å². The van der Waals surface area contributed by atoms with Crippen LogP contribution in [-0.2, 0) is 6.42 Å². The molecule has 1 aliphatic rings. The Morgan fingerprint density at radius 2 is 1.94 bits per heavy atom. The third-order valence-electron chi connectivity index (χ3n) is 4.74. The summed E-state index contributed by atoms with van der Waals surface area (Å²) < 4.78 is 0. The smallest absolute Gasteiger partial charge is 0.0271 e. The van der Waals surface area contributed by atoms with Crippen LogP contribution in [0.1, 0.15) is 56.2 Å². The van der Waals surface area contributed by atoms with Crippen molar-refractivity contribution in [2.24, 2.45) is 11.3 Å². The number of hydrogen-bond donors (Lipinski definition) is 0. The van der Waals surface area contributed by atoms with Crippen LogP contribution in [0.2, 0.25) is 0 Å². The fourth-order valence-corrected chi connectivity index (χ4v) is 3.61. The van der Waals surface area contributed by atoms with Crippen molar-refractivity contribution in [3.05, 3.63) is 34.9 Å². The topological polar surface area (TPSA) is 0 Å². The molecule has 0 saturated heterocycles. The molecule has 2 rings (SSSR count). The molecule has 1 aliphatic carbocycles. The highest BCUT2D eigenvalue weighted by Gasteiger charge is 2.39. The largest absolute Gasteiger partial charge is 0.0649 e. The SMILES string of the molecule is CCC1(CCc2ccc(C)cc2C)CC(C)C1. The van der Waals surface area contributed by atoms with Gasteiger partial charge in [0.1, 0.15) is 0 Å². The van der Waals surface area contributed by atoms with Gasteiger partial charge in [0.05, 0.1) is 0 Å². The lowest BCUT2D eigenvalue weighted by Crippen LogP contribution is -2.35. The zero-order valence-corrected chi connectivity index (χ0v) is 11.8. The molecule has 1 fully saturated rings. The van der Waals surface area contributed by atoms with Crippen LogP contribution >= 0.6 is 0 Å². The highest BCUT2D eigenvalue weighted by Crippen LogP contribution is 2.51. The minimum Gasteiger partial charge on any atom is -0.0649 e. The van der Waals surface area contributed by atoms with Crippen molar-refractivity contribution in [2.45, 2.75) is 59.8 Å². The summed E-state index contributed by atoms with van der Waals surface area (Å²) in [5.41, 5.74) is 5.09. The highest BCUT2D eigenvalue weighted by atomic mass is 14.4. The van der Waals surface area contributed by atoms with Gasteiger partial charge in [0.2, 0.25) is 0 Å². The number of aryl methyl sites for hydroxylation is 3. The van der Waals surface area contributed by atoms with Crippen LogP contribution in [0.25, 0.3) is 0 Å². The van der Waals surface area contributed by atoms with Gasteiger partial charge >= 0.3 is 0 Å². The summed E-state index contributed by atoms with van der Waals surface area (Å²) in [5.74, 6) is 0.967. The van der Waals surface area contributed by atoms with E-state index in [1.54, 1.807) is 5.56 Å². The van der Waals surface area contributed by atoms with E-state index in [0.29, 0.717) is 5.41 Å². The summed E-state index contributed by atoms with van der Waals surface area (Å²) in [5, 5.41) is 0. The standard InChI is InChI=1S/C17H26/c1-5-17(11-14(3)12-17)9-8-16-7-6-13(2)10-15(16)4/h6-7,10,14H,5,8-9,11-12H2,1-4H3. The van der Waals surface area contributed by atoms with Gasteiger partial charge in [-0.2, -0.15) is 0 Å². The first-order chi connectivity index (χ1) is 8.04. The molecular formula is C17H26. The molecular weight excluding hydrogens is 204 g/mol. The van der Waals surface area contributed by atoms with Gasteiger partial charge in [0.25, 0.3) is 0 Å². The van der Waals surface area contributed by atoms with Crippen molar-refractivity contribution in [3.63, 3.8) is 0 Å². The Hall–Kier alpha value is -0.780. The van der Waals surface area contributed by atoms with E-state index in [2.05, 4.69) is 45.9 Å². The predicted octanol–water partition coefficient (Wildman–Crippen LogP) is 5.06. The molecule has 1 saturated carbocycles. The third kappa shape index (κ3) is 2.73. The molecule has 0 bridgehead atoms. The number of benzene rings is 1. The third-order valence-corrected chi connectivity index (χ3v) is 4.74. The molecule has 0 spiro atoms. The van der Waals surface area contributed by atoms with E-state index in [1.165, 1.54) is 43.2 Å². The van der Waals surface area contributed by atoms with Gasteiger partial charge in [-0.1, -0.05) is 44.0 Å². The van der Waals surface area contributed by atoms with Gasteiger partial charge in [-0.15, -0.1) is 0 Å². The summed E-state index contributed by atoms with van der Waals surface area (Å²) in [6.45, 7) is 9.20. The van der Waals surface area contributed by atoms with E-state index in [4.69, 9.17) is 0 Å².